The third kappa shape index (κ3) is 7.35. The molecule has 0 bridgehead atoms. The van der Waals surface area contributed by atoms with Crippen LogP contribution in [-0.2, 0) is 17.8 Å². The number of rotatable bonds is 12. The largest absolute Gasteiger partial charge is 0.497 e. The van der Waals surface area contributed by atoms with Crippen molar-refractivity contribution in [2.24, 2.45) is 0 Å². The molecule has 0 spiro atoms. The number of carbonyl (C=O) groups excluding carboxylic acids is 2. The van der Waals surface area contributed by atoms with Crippen LogP contribution >= 0.6 is 0 Å². The van der Waals surface area contributed by atoms with Gasteiger partial charge in [0, 0.05) is 30.8 Å². The van der Waals surface area contributed by atoms with E-state index in [0.717, 1.165) is 11.1 Å². The molecule has 0 radical (unpaired) electrons. The molecule has 4 aromatic rings. The van der Waals surface area contributed by atoms with E-state index in [2.05, 4.69) is 5.32 Å². The summed E-state index contributed by atoms with van der Waals surface area (Å²) in [5.41, 5.74) is 4.05. The molecule has 0 aliphatic heterocycles. The number of hydrogen-bond acceptors (Lipinski definition) is 4. The molecule has 0 fully saturated rings. The van der Waals surface area contributed by atoms with Crippen molar-refractivity contribution >= 4 is 17.8 Å². The molecule has 0 saturated heterocycles. The van der Waals surface area contributed by atoms with Gasteiger partial charge in [-0.3, -0.25) is 14.4 Å². The number of benzene rings is 4. The Labute approximate surface area is 234 Å². The zero-order valence-electron chi connectivity index (χ0n) is 22.4. The average molecular weight is 537 g/mol. The molecule has 204 valence electrons. The van der Waals surface area contributed by atoms with Crippen molar-refractivity contribution in [1.82, 2.24) is 10.2 Å². The number of aliphatic carboxylic acids is 1. The van der Waals surface area contributed by atoms with Gasteiger partial charge in [-0.05, 0) is 52.9 Å². The van der Waals surface area contributed by atoms with E-state index < -0.39 is 5.97 Å². The van der Waals surface area contributed by atoms with Gasteiger partial charge in [0.25, 0.3) is 11.8 Å². The molecule has 0 heterocycles. The number of amides is 2. The molecule has 0 saturated carbocycles. The van der Waals surface area contributed by atoms with Crippen LogP contribution in [0.2, 0.25) is 0 Å². The zero-order valence-corrected chi connectivity index (χ0v) is 22.4. The second kappa shape index (κ2) is 13.8. The Morgan fingerprint density at radius 1 is 0.750 bits per heavy atom. The van der Waals surface area contributed by atoms with E-state index >= 15 is 0 Å². The number of carboxylic acid groups (broad SMARTS) is 1. The standard InChI is InChI=1S/C33H32N2O5/c1-40-26-13-9-12-24(22-26)18-20-35(21-19-31(36)37)33(39)30-17-8-6-15-28(30)27-14-5-7-16-29(27)32(38)34-23-25-10-3-2-4-11-25/h2-17,22H,18-21,23H2,1H3,(H,34,38)(H,36,37). The first-order valence-electron chi connectivity index (χ1n) is 13.1. The lowest BCUT2D eigenvalue weighted by Crippen LogP contribution is -2.35. The predicted molar refractivity (Wildman–Crippen MR) is 154 cm³/mol. The van der Waals surface area contributed by atoms with Crippen molar-refractivity contribution in [1.29, 1.82) is 0 Å². The molecule has 40 heavy (non-hydrogen) atoms. The smallest absolute Gasteiger partial charge is 0.305 e. The highest BCUT2D eigenvalue weighted by molar-refractivity contribution is 6.06. The number of methoxy groups -OCH3 is 1. The molecule has 2 N–H and O–H groups in total. The third-order valence-electron chi connectivity index (χ3n) is 6.60. The molecular formula is C33H32N2O5. The number of nitrogens with zero attached hydrogens (tertiary/aromatic N) is 1. The van der Waals surface area contributed by atoms with Gasteiger partial charge in [0.05, 0.1) is 13.5 Å². The Hall–Kier alpha value is -4.91. The van der Waals surface area contributed by atoms with Crippen LogP contribution in [0.25, 0.3) is 11.1 Å². The Morgan fingerprint density at radius 3 is 2.08 bits per heavy atom. The second-order valence-corrected chi connectivity index (χ2v) is 9.30. The van der Waals surface area contributed by atoms with Crippen LogP contribution in [0.4, 0.5) is 0 Å². The van der Waals surface area contributed by atoms with Gasteiger partial charge in [-0.25, -0.2) is 0 Å². The SMILES string of the molecule is COc1cccc(CCN(CCC(=O)O)C(=O)c2ccccc2-c2ccccc2C(=O)NCc2ccccc2)c1. The van der Waals surface area contributed by atoms with E-state index in [9.17, 15) is 19.5 Å². The summed E-state index contributed by atoms with van der Waals surface area (Å²) in [5, 5.41) is 12.3. The molecule has 4 rings (SSSR count). The summed E-state index contributed by atoms with van der Waals surface area (Å²) in [6, 6.07) is 31.5. The van der Waals surface area contributed by atoms with Gasteiger partial charge in [0.2, 0.25) is 0 Å². The van der Waals surface area contributed by atoms with Crippen molar-refractivity contribution in [3.8, 4) is 16.9 Å². The first-order valence-corrected chi connectivity index (χ1v) is 13.1. The Bertz CT molecular complexity index is 1470. The lowest BCUT2D eigenvalue weighted by molar-refractivity contribution is -0.137. The number of ether oxygens (including phenoxy) is 1. The van der Waals surface area contributed by atoms with Gasteiger partial charge < -0.3 is 20.1 Å². The van der Waals surface area contributed by atoms with Crippen molar-refractivity contribution in [3.63, 3.8) is 0 Å². The van der Waals surface area contributed by atoms with Gasteiger partial charge in [-0.1, -0.05) is 78.9 Å². The maximum Gasteiger partial charge on any atom is 0.305 e. The zero-order chi connectivity index (χ0) is 28.3. The van der Waals surface area contributed by atoms with E-state index in [1.807, 2.05) is 78.9 Å². The summed E-state index contributed by atoms with van der Waals surface area (Å²) in [4.78, 5) is 40.1. The van der Waals surface area contributed by atoms with Gasteiger partial charge in [0.1, 0.15) is 5.75 Å². The molecule has 0 aromatic heterocycles. The predicted octanol–water partition coefficient (Wildman–Crippen LogP) is 5.45. The fourth-order valence-corrected chi connectivity index (χ4v) is 4.50. The molecule has 4 aromatic carbocycles. The summed E-state index contributed by atoms with van der Waals surface area (Å²) in [6.07, 6.45) is 0.355. The van der Waals surface area contributed by atoms with Crippen LogP contribution in [0, 0.1) is 0 Å². The highest BCUT2D eigenvalue weighted by atomic mass is 16.5. The monoisotopic (exact) mass is 536 g/mol. The topological polar surface area (TPSA) is 95.9 Å². The fraction of sp³-hybridized carbons (Fsp3) is 0.182. The molecule has 0 unspecified atom stereocenters. The van der Waals surface area contributed by atoms with E-state index in [1.54, 1.807) is 36.3 Å². The molecule has 2 amide bonds. The van der Waals surface area contributed by atoms with Gasteiger partial charge in [0.15, 0.2) is 0 Å². The van der Waals surface area contributed by atoms with Gasteiger partial charge in [-0.15, -0.1) is 0 Å². The molecule has 0 atom stereocenters. The lowest BCUT2D eigenvalue weighted by atomic mass is 9.94. The van der Waals surface area contributed by atoms with Crippen LogP contribution in [0.5, 0.6) is 5.75 Å². The first-order chi connectivity index (χ1) is 19.5. The Balaban J connectivity index is 1.60. The molecule has 0 aliphatic rings. The molecule has 7 nitrogen and oxygen atoms in total. The Kier molecular flexibility index (Phi) is 9.67. The fourth-order valence-electron chi connectivity index (χ4n) is 4.50. The summed E-state index contributed by atoms with van der Waals surface area (Å²) in [5.74, 6) is -0.803. The maximum absolute atomic E-state index is 13.9. The number of carboxylic acids is 1. The highest BCUT2D eigenvalue weighted by Gasteiger charge is 2.22. The summed E-state index contributed by atoms with van der Waals surface area (Å²) in [7, 11) is 1.60. The summed E-state index contributed by atoms with van der Waals surface area (Å²) < 4.78 is 5.30. The van der Waals surface area contributed by atoms with Crippen LogP contribution in [0.3, 0.4) is 0 Å². The van der Waals surface area contributed by atoms with E-state index in [1.165, 1.54) is 0 Å². The summed E-state index contributed by atoms with van der Waals surface area (Å²) in [6.45, 7) is 0.764. The third-order valence-corrected chi connectivity index (χ3v) is 6.60. The van der Waals surface area contributed by atoms with Crippen molar-refractivity contribution in [2.75, 3.05) is 20.2 Å². The first kappa shape index (κ1) is 28.1. The Morgan fingerprint density at radius 2 is 1.38 bits per heavy atom. The van der Waals surface area contributed by atoms with Gasteiger partial charge >= 0.3 is 5.97 Å². The van der Waals surface area contributed by atoms with Crippen molar-refractivity contribution in [3.05, 3.63) is 125 Å². The molecular weight excluding hydrogens is 504 g/mol. The maximum atomic E-state index is 13.9. The summed E-state index contributed by atoms with van der Waals surface area (Å²) >= 11 is 0. The van der Waals surface area contributed by atoms with Crippen molar-refractivity contribution in [2.45, 2.75) is 19.4 Å². The molecule has 0 aliphatic carbocycles. The van der Waals surface area contributed by atoms with Gasteiger partial charge in [-0.2, -0.15) is 0 Å². The minimum atomic E-state index is -0.979. The van der Waals surface area contributed by atoms with Crippen LogP contribution in [-0.4, -0.2) is 48.0 Å². The minimum Gasteiger partial charge on any atom is -0.497 e. The quantitative estimate of drug-likeness (QED) is 0.251. The number of nitrogens with one attached hydrogen (secondary N) is 1. The lowest BCUT2D eigenvalue weighted by Gasteiger charge is -2.24. The minimum absolute atomic E-state index is 0.0612. The van der Waals surface area contributed by atoms with Crippen molar-refractivity contribution < 1.29 is 24.2 Å². The molecule has 7 heteroatoms. The average Bonchev–Trinajstić information content (AvgIpc) is 3.00. The normalized spacial score (nSPS) is 10.5. The van der Waals surface area contributed by atoms with Crippen LogP contribution in [0.1, 0.15) is 38.3 Å². The number of carbonyl (C=O) groups is 3. The highest BCUT2D eigenvalue weighted by Crippen LogP contribution is 2.28. The van der Waals surface area contributed by atoms with E-state index in [0.29, 0.717) is 47.5 Å². The van der Waals surface area contributed by atoms with E-state index in [4.69, 9.17) is 4.74 Å². The van der Waals surface area contributed by atoms with E-state index in [-0.39, 0.29) is 24.8 Å². The van der Waals surface area contributed by atoms with Crippen LogP contribution < -0.4 is 10.1 Å². The second-order valence-electron chi connectivity index (χ2n) is 9.30. The van der Waals surface area contributed by atoms with Crippen LogP contribution in [0.15, 0.2) is 103 Å². The number of hydrogen-bond donors (Lipinski definition) is 2.